The summed E-state index contributed by atoms with van der Waals surface area (Å²) in [6.07, 6.45) is 0. The summed E-state index contributed by atoms with van der Waals surface area (Å²) in [7, 11) is 0. The average molecular weight is 256 g/mol. The fourth-order valence-electron chi connectivity index (χ4n) is 1.18. The van der Waals surface area contributed by atoms with E-state index in [1.807, 2.05) is 0 Å². The van der Waals surface area contributed by atoms with Gasteiger partial charge in [0.2, 0.25) is 5.91 Å². The smallest absolute Gasteiger partial charge is 0.243 e. The van der Waals surface area contributed by atoms with E-state index in [1.54, 1.807) is 13.0 Å². The zero-order chi connectivity index (χ0) is 12.8. The number of anilines is 1. The third-order valence-corrected chi connectivity index (χ3v) is 2.33. The van der Waals surface area contributed by atoms with Gasteiger partial charge in [0.1, 0.15) is 18.4 Å². The third kappa shape index (κ3) is 3.93. The van der Waals surface area contributed by atoms with E-state index in [2.05, 4.69) is 10.6 Å². The summed E-state index contributed by atoms with van der Waals surface area (Å²) < 4.78 is 12.9. The van der Waals surface area contributed by atoms with Crippen molar-refractivity contribution in [3.8, 4) is 6.07 Å². The van der Waals surface area contributed by atoms with Gasteiger partial charge in [0.25, 0.3) is 0 Å². The number of nitriles is 1. The van der Waals surface area contributed by atoms with E-state index in [1.165, 1.54) is 18.2 Å². The zero-order valence-electron chi connectivity index (χ0n) is 9.13. The number of hydrogen-bond acceptors (Lipinski definition) is 3. The van der Waals surface area contributed by atoms with Crippen molar-refractivity contribution in [2.24, 2.45) is 0 Å². The lowest BCUT2D eigenvalue weighted by Gasteiger charge is -2.14. The first-order chi connectivity index (χ1) is 8.04. The Morgan fingerprint density at radius 1 is 1.65 bits per heavy atom. The molecule has 2 N–H and O–H groups in total. The highest BCUT2D eigenvalue weighted by Gasteiger charge is 2.12. The Hall–Kier alpha value is -1.80. The molecule has 4 nitrogen and oxygen atoms in total. The molecule has 0 spiro atoms. The minimum atomic E-state index is -0.537. The second-order valence-electron chi connectivity index (χ2n) is 3.37. The van der Waals surface area contributed by atoms with E-state index in [4.69, 9.17) is 16.9 Å². The van der Waals surface area contributed by atoms with Gasteiger partial charge in [-0.15, -0.1) is 0 Å². The number of nitrogens with one attached hydrogen (secondary N) is 2. The maximum atomic E-state index is 12.9. The number of carbonyl (C=O) groups is 1. The van der Waals surface area contributed by atoms with Gasteiger partial charge >= 0.3 is 0 Å². The van der Waals surface area contributed by atoms with Crippen molar-refractivity contribution in [2.45, 2.75) is 13.0 Å². The summed E-state index contributed by atoms with van der Waals surface area (Å²) in [6, 6.07) is 5.35. The molecule has 0 radical (unpaired) electrons. The Labute approximate surface area is 103 Å². The van der Waals surface area contributed by atoms with Crippen molar-refractivity contribution in [1.82, 2.24) is 5.32 Å². The van der Waals surface area contributed by atoms with Crippen LogP contribution >= 0.6 is 11.6 Å². The number of rotatable bonds is 4. The van der Waals surface area contributed by atoms with E-state index in [0.29, 0.717) is 5.69 Å². The molecule has 17 heavy (non-hydrogen) atoms. The number of benzene rings is 1. The molecule has 0 aliphatic carbocycles. The van der Waals surface area contributed by atoms with Gasteiger partial charge in [-0.25, -0.2) is 4.39 Å². The van der Waals surface area contributed by atoms with Crippen LogP contribution in [-0.4, -0.2) is 18.5 Å². The SMILES string of the molecule is CC(Nc1ccc(F)c(Cl)c1)C(=O)NCC#N. The second kappa shape index (κ2) is 6.06. The van der Waals surface area contributed by atoms with E-state index in [9.17, 15) is 9.18 Å². The lowest BCUT2D eigenvalue weighted by Crippen LogP contribution is -2.37. The van der Waals surface area contributed by atoms with Gasteiger partial charge < -0.3 is 10.6 Å². The first kappa shape index (κ1) is 13.3. The van der Waals surface area contributed by atoms with E-state index >= 15 is 0 Å². The van der Waals surface area contributed by atoms with E-state index in [-0.39, 0.29) is 17.5 Å². The number of carbonyl (C=O) groups excluding carboxylic acids is 1. The Kier molecular flexibility index (Phi) is 4.73. The molecule has 0 bridgehead atoms. The van der Waals surface area contributed by atoms with Crippen molar-refractivity contribution in [2.75, 3.05) is 11.9 Å². The first-order valence-electron chi connectivity index (χ1n) is 4.91. The molecule has 1 rings (SSSR count). The highest BCUT2D eigenvalue weighted by Crippen LogP contribution is 2.19. The lowest BCUT2D eigenvalue weighted by atomic mass is 10.2. The molecule has 0 aromatic heterocycles. The highest BCUT2D eigenvalue weighted by atomic mass is 35.5. The van der Waals surface area contributed by atoms with Crippen molar-refractivity contribution in [3.05, 3.63) is 29.0 Å². The molecule has 1 aromatic rings. The largest absolute Gasteiger partial charge is 0.374 e. The molecule has 0 saturated heterocycles. The van der Waals surface area contributed by atoms with Crippen molar-refractivity contribution < 1.29 is 9.18 Å². The lowest BCUT2D eigenvalue weighted by molar-refractivity contribution is -0.121. The normalized spacial score (nSPS) is 11.4. The summed E-state index contributed by atoms with van der Waals surface area (Å²) in [4.78, 5) is 11.4. The van der Waals surface area contributed by atoms with Crippen LogP contribution in [0, 0.1) is 17.1 Å². The average Bonchev–Trinajstić information content (AvgIpc) is 2.30. The molecule has 1 atom stereocenters. The van der Waals surface area contributed by atoms with Crippen LogP contribution in [0.15, 0.2) is 18.2 Å². The van der Waals surface area contributed by atoms with Crippen LogP contribution in [0.4, 0.5) is 10.1 Å². The van der Waals surface area contributed by atoms with Crippen molar-refractivity contribution >= 4 is 23.2 Å². The monoisotopic (exact) mass is 255 g/mol. The molecule has 0 saturated carbocycles. The van der Waals surface area contributed by atoms with Crippen LogP contribution in [0.25, 0.3) is 0 Å². The highest BCUT2D eigenvalue weighted by molar-refractivity contribution is 6.31. The van der Waals surface area contributed by atoms with Gasteiger partial charge in [0.05, 0.1) is 11.1 Å². The van der Waals surface area contributed by atoms with Gasteiger partial charge in [-0.05, 0) is 25.1 Å². The fourth-order valence-corrected chi connectivity index (χ4v) is 1.36. The number of halogens is 2. The number of amides is 1. The van der Waals surface area contributed by atoms with E-state index < -0.39 is 11.9 Å². The van der Waals surface area contributed by atoms with Crippen molar-refractivity contribution in [3.63, 3.8) is 0 Å². The molecule has 0 aliphatic rings. The van der Waals surface area contributed by atoms with Crippen LogP contribution < -0.4 is 10.6 Å². The van der Waals surface area contributed by atoms with Gasteiger partial charge in [0.15, 0.2) is 0 Å². The molecule has 1 aromatic carbocycles. The van der Waals surface area contributed by atoms with Crippen LogP contribution in [0.3, 0.4) is 0 Å². The molecule has 1 amide bonds. The van der Waals surface area contributed by atoms with Crippen LogP contribution in [0.2, 0.25) is 5.02 Å². The number of nitrogens with zero attached hydrogens (tertiary/aromatic N) is 1. The summed E-state index contributed by atoms with van der Waals surface area (Å²) in [5.74, 6) is -0.828. The maximum absolute atomic E-state index is 12.9. The summed E-state index contributed by atoms with van der Waals surface area (Å²) >= 11 is 5.60. The molecule has 6 heteroatoms. The third-order valence-electron chi connectivity index (χ3n) is 2.04. The molecular formula is C11H11ClFN3O. The standard InChI is InChI=1S/C11H11ClFN3O/c1-7(11(17)15-5-4-14)16-8-2-3-10(13)9(12)6-8/h2-3,6-7,16H,5H2,1H3,(H,15,17). The predicted molar refractivity (Wildman–Crippen MR) is 63.1 cm³/mol. The quantitative estimate of drug-likeness (QED) is 0.808. The van der Waals surface area contributed by atoms with Crippen LogP contribution in [0.1, 0.15) is 6.92 Å². The molecule has 0 heterocycles. The fraction of sp³-hybridized carbons (Fsp3) is 0.273. The van der Waals surface area contributed by atoms with Gasteiger partial charge in [-0.1, -0.05) is 11.6 Å². The van der Waals surface area contributed by atoms with Crippen molar-refractivity contribution in [1.29, 1.82) is 5.26 Å². The second-order valence-corrected chi connectivity index (χ2v) is 3.78. The summed E-state index contributed by atoms with van der Waals surface area (Å²) in [5, 5.41) is 13.5. The Balaban J connectivity index is 2.62. The number of hydrogen-bond donors (Lipinski definition) is 2. The van der Waals surface area contributed by atoms with Gasteiger partial charge in [-0.2, -0.15) is 5.26 Å². The zero-order valence-corrected chi connectivity index (χ0v) is 9.88. The van der Waals surface area contributed by atoms with Crippen LogP contribution in [-0.2, 0) is 4.79 Å². The molecule has 90 valence electrons. The minimum absolute atomic E-state index is 0.0142. The van der Waals surface area contributed by atoms with Gasteiger partial charge in [0, 0.05) is 5.69 Å². The minimum Gasteiger partial charge on any atom is -0.374 e. The first-order valence-corrected chi connectivity index (χ1v) is 5.28. The van der Waals surface area contributed by atoms with Crippen LogP contribution in [0.5, 0.6) is 0 Å². The molecule has 0 aliphatic heterocycles. The van der Waals surface area contributed by atoms with Gasteiger partial charge in [-0.3, -0.25) is 4.79 Å². The topological polar surface area (TPSA) is 64.9 Å². The molecular weight excluding hydrogens is 245 g/mol. The van der Waals surface area contributed by atoms with E-state index in [0.717, 1.165) is 0 Å². The summed E-state index contributed by atoms with van der Waals surface area (Å²) in [6.45, 7) is 1.58. The maximum Gasteiger partial charge on any atom is 0.243 e. The Morgan fingerprint density at radius 2 is 2.35 bits per heavy atom. The Bertz CT molecular complexity index is 459. The Morgan fingerprint density at radius 3 is 2.94 bits per heavy atom. The molecule has 1 unspecified atom stereocenters. The predicted octanol–water partition coefficient (Wildman–Crippen LogP) is 1.92. The molecule has 0 fully saturated rings. The summed E-state index contributed by atoms with van der Waals surface area (Å²) in [5.41, 5.74) is 0.538.